The molecule has 1 aromatic heterocycles. The number of sulfonamides is 1. The number of hydrogen-bond donors (Lipinski definition) is 1. The van der Waals surface area contributed by atoms with E-state index in [-0.39, 0.29) is 11.5 Å². The van der Waals surface area contributed by atoms with Gasteiger partial charge < -0.3 is 9.67 Å². The van der Waals surface area contributed by atoms with Crippen LogP contribution < -0.4 is 0 Å². The van der Waals surface area contributed by atoms with Crippen molar-refractivity contribution in [3.05, 3.63) is 18.0 Å². The molecule has 1 N–H and O–H groups in total. The standard InChI is InChI=1S/C14H26N2O3S/c1-4-7-9-16(6-3)20(18,19)14-10-13(12-17)15(11-14)8-5-2/h10-11,17H,4-9,12H2,1-3H3. The lowest BCUT2D eigenvalue weighted by atomic mass is 10.3. The molecule has 1 aromatic rings. The smallest absolute Gasteiger partial charge is 0.244 e. The maximum absolute atomic E-state index is 12.6. The number of unbranched alkanes of at least 4 members (excludes halogenated alkanes) is 1. The molecule has 20 heavy (non-hydrogen) atoms. The monoisotopic (exact) mass is 302 g/mol. The molecule has 0 fully saturated rings. The minimum Gasteiger partial charge on any atom is -0.390 e. The Labute approximate surface area is 122 Å². The molecule has 0 unspecified atom stereocenters. The van der Waals surface area contributed by atoms with Crippen LogP contribution in [0.4, 0.5) is 0 Å². The molecule has 116 valence electrons. The fourth-order valence-electron chi connectivity index (χ4n) is 2.18. The van der Waals surface area contributed by atoms with E-state index in [9.17, 15) is 13.5 Å². The number of hydrogen-bond acceptors (Lipinski definition) is 3. The number of nitrogens with zero attached hydrogens (tertiary/aromatic N) is 2. The van der Waals surface area contributed by atoms with Crippen LogP contribution in [-0.4, -0.2) is 35.5 Å². The average Bonchev–Trinajstić information content (AvgIpc) is 2.83. The molecule has 0 aliphatic heterocycles. The molecule has 6 heteroatoms. The van der Waals surface area contributed by atoms with Crippen molar-refractivity contribution in [1.29, 1.82) is 0 Å². The van der Waals surface area contributed by atoms with Crippen LogP contribution in [0.5, 0.6) is 0 Å². The van der Waals surface area contributed by atoms with E-state index >= 15 is 0 Å². The zero-order chi connectivity index (χ0) is 15.2. The Bertz CT molecular complexity index is 508. The van der Waals surface area contributed by atoms with Crippen molar-refractivity contribution in [3.63, 3.8) is 0 Å². The average molecular weight is 302 g/mol. The molecular weight excluding hydrogens is 276 g/mol. The third-order valence-electron chi connectivity index (χ3n) is 3.34. The summed E-state index contributed by atoms with van der Waals surface area (Å²) in [4.78, 5) is 0.285. The van der Waals surface area contributed by atoms with Gasteiger partial charge in [-0.15, -0.1) is 0 Å². The Hall–Kier alpha value is -0.850. The summed E-state index contributed by atoms with van der Waals surface area (Å²) in [7, 11) is -3.45. The van der Waals surface area contributed by atoms with Crippen LogP contribution in [0.2, 0.25) is 0 Å². The predicted molar refractivity (Wildman–Crippen MR) is 80.0 cm³/mol. The first kappa shape index (κ1) is 17.2. The minimum atomic E-state index is -3.45. The van der Waals surface area contributed by atoms with E-state index in [0.717, 1.165) is 19.3 Å². The van der Waals surface area contributed by atoms with Gasteiger partial charge in [0.1, 0.15) is 4.90 Å². The summed E-state index contributed by atoms with van der Waals surface area (Å²) < 4.78 is 28.5. The van der Waals surface area contributed by atoms with E-state index in [4.69, 9.17) is 0 Å². The molecule has 0 aliphatic rings. The van der Waals surface area contributed by atoms with Crippen molar-refractivity contribution >= 4 is 10.0 Å². The Kier molecular flexibility index (Phi) is 6.71. The summed E-state index contributed by atoms with van der Waals surface area (Å²) in [5.74, 6) is 0. The first-order valence-corrected chi connectivity index (χ1v) is 8.75. The predicted octanol–water partition coefficient (Wildman–Crippen LogP) is 2.20. The Morgan fingerprint density at radius 1 is 1.25 bits per heavy atom. The van der Waals surface area contributed by atoms with Gasteiger partial charge in [0.05, 0.1) is 6.61 Å². The summed E-state index contributed by atoms with van der Waals surface area (Å²) in [6, 6.07) is 1.58. The lowest BCUT2D eigenvalue weighted by molar-refractivity contribution is 0.270. The maximum Gasteiger partial charge on any atom is 0.244 e. The molecule has 0 aromatic carbocycles. The van der Waals surface area contributed by atoms with Gasteiger partial charge in [0.15, 0.2) is 0 Å². The van der Waals surface area contributed by atoms with E-state index in [2.05, 4.69) is 0 Å². The Morgan fingerprint density at radius 2 is 1.95 bits per heavy atom. The van der Waals surface area contributed by atoms with Crippen LogP contribution in [0.15, 0.2) is 17.2 Å². The number of aliphatic hydroxyl groups is 1. The minimum absolute atomic E-state index is 0.142. The lowest BCUT2D eigenvalue weighted by Gasteiger charge is -2.19. The molecule has 0 spiro atoms. The molecular formula is C14H26N2O3S. The molecule has 1 heterocycles. The highest BCUT2D eigenvalue weighted by molar-refractivity contribution is 7.89. The van der Waals surface area contributed by atoms with Crippen molar-refractivity contribution in [1.82, 2.24) is 8.87 Å². The quantitative estimate of drug-likeness (QED) is 0.760. The second-order valence-corrected chi connectivity index (χ2v) is 6.81. The molecule has 0 atom stereocenters. The number of rotatable bonds is 9. The zero-order valence-corrected chi connectivity index (χ0v) is 13.5. The van der Waals surface area contributed by atoms with E-state index in [0.29, 0.717) is 25.3 Å². The van der Waals surface area contributed by atoms with Gasteiger partial charge in [0.25, 0.3) is 0 Å². The lowest BCUT2D eigenvalue weighted by Crippen LogP contribution is -2.31. The number of aliphatic hydroxyl groups excluding tert-OH is 1. The van der Waals surface area contributed by atoms with Crippen LogP contribution in [0.25, 0.3) is 0 Å². The van der Waals surface area contributed by atoms with Crippen molar-refractivity contribution in [2.45, 2.75) is 58.1 Å². The largest absolute Gasteiger partial charge is 0.390 e. The van der Waals surface area contributed by atoms with Gasteiger partial charge in [-0.1, -0.05) is 27.2 Å². The van der Waals surface area contributed by atoms with Crippen molar-refractivity contribution < 1.29 is 13.5 Å². The van der Waals surface area contributed by atoms with Gasteiger partial charge in [-0.05, 0) is 18.9 Å². The third kappa shape index (κ3) is 3.84. The molecule has 0 saturated heterocycles. The SMILES string of the molecule is CCCCN(CC)S(=O)(=O)c1cc(CO)n(CCC)c1. The summed E-state index contributed by atoms with van der Waals surface area (Å²) in [6.45, 7) is 7.50. The zero-order valence-electron chi connectivity index (χ0n) is 12.7. The molecule has 0 saturated carbocycles. The van der Waals surface area contributed by atoms with E-state index in [1.165, 1.54) is 4.31 Å². The van der Waals surface area contributed by atoms with Crippen LogP contribution in [0.3, 0.4) is 0 Å². The van der Waals surface area contributed by atoms with Crippen LogP contribution in [0, 0.1) is 0 Å². The van der Waals surface area contributed by atoms with Gasteiger partial charge in [0, 0.05) is 31.5 Å². The van der Waals surface area contributed by atoms with Gasteiger partial charge in [-0.2, -0.15) is 4.31 Å². The van der Waals surface area contributed by atoms with E-state index in [1.807, 2.05) is 25.3 Å². The Balaban J connectivity index is 3.07. The normalized spacial score (nSPS) is 12.2. The highest BCUT2D eigenvalue weighted by atomic mass is 32.2. The summed E-state index contributed by atoms with van der Waals surface area (Å²) >= 11 is 0. The van der Waals surface area contributed by atoms with Gasteiger partial charge in [-0.3, -0.25) is 0 Å². The molecule has 1 rings (SSSR count). The molecule has 5 nitrogen and oxygen atoms in total. The third-order valence-corrected chi connectivity index (χ3v) is 5.28. The Morgan fingerprint density at radius 3 is 2.45 bits per heavy atom. The second-order valence-electron chi connectivity index (χ2n) is 4.87. The maximum atomic E-state index is 12.6. The number of aromatic nitrogens is 1. The van der Waals surface area contributed by atoms with Crippen molar-refractivity contribution in [3.8, 4) is 0 Å². The van der Waals surface area contributed by atoms with Crippen LogP contribution in [-0.2, 0) is 23.2 Å². The number of aryl methyl sites for hydroxylation is 1. The van der Waals surface area contributed by atoms with Gasteiger partial charge in [0.2, 0.25) is 10.0 Å². The van der Waals surface area contributed by atoms with Crippen molar-refractivity contribution in [2.24, 2.45) is 0 Å². The molecule has 0 amide bonds. The van der Waals surface area contributed by atoms with Crippen LogP contribution >= 0.6 is 0 Å². The summed E-state index contributed by atoms with van der Waals surface area (Å²) in [6.07, 6.45) is 4.35. The van der Waals surface area contributed by atoms with E-state index in [1.54, 1.807) is 12.3 Å². The highest BCUT2D eigenvalue weighted by Crippen LogP contribution is 2.20. The first-order chi connectivity index (χ1) is 9.51. The van der Waals surface area contributed by atoms with E-state index < -0.39 is 10.0 Å². The van der Waals surface area contributed by atoms with Gasteiger partial charge in [-0.25, -0.2) is 8.42 Å². The van der Waals surface area contributed by atoms with Crippen molar-refractivity contribution in [2.75, 3.05) is 13.1 Å². The summed E-state index contributed by atoms with van der Waals surface area (Å²) in [5, 5.41) is 9.33. The molecule has 0 bridgehead atoms. The highest BCUT2D eigenvalue weighted by Gasteiger charge is 2.24. The first-order valence-electron chi connectivity index (χ1n) is 7.31. The summed E-state index contributed by atoms with van der Waals surface area (Å²) in [5.41, 5.74) is 0.650. The molecule has 0 radical (unpaired) electrons. The molecule has 0 aliphatic carbocycles. The van der Waals surface area contributed by atoms with Crippen LogP contribution in [0.1, 0.15) is 45.7 Å². The fraction of sp³-hybridized carbons (Fsp3) is 0.714. The van der Waals surface area contributed by atoms with Gasteiger partial charge >= 0.3 is 0 Å². The second kappa shape index (κ2) is 7.81. The fourth-order valence-corrected chi connectivity index (χ4v) is 3.73. The topological polar surface area (TPSA) is 62.5 Å².